The number of anilines is 1. The molecule has 0 bridgehead atoms. The summed E-state index contributed by atoms with van der Waals surface area (Å²) in [5.41, 5.74) is 2.07. The highest BCUT2D eigenvalue weighted by atomic mass is 16.5. The van der Waals surface area contributed by atoms with E-state index in [0.717, 1.165) is 22.2 Å². The summed E-state index contributed by atoms with van der Waals surface area (Å²) in [6.07, 6.45) is 0.0706. The number of para-hydroxylation sites is 1. The standard InChI is InChI=1S/C31H33N5O4/c1-30(2)19-15-35(27(37)22-13-17-20(32-22)11-8-12-23(17)40-5)26(25(19)30)28(38)36-16-31(14-24(36)34(3)4)18-9-6-7-10-21(18)33-29(31)39/h6-13,19,24-26H,3,14-16H2,1-2,4-5H3,(H-,32,33,37,39)/p+1/t19-,24-,25?,26-,31-/m0/s1. The van der Waals surface area contributed by atoms with Crippen molar-refractivity contribution in [2.75, 3.05) is 32.6 Å². The third-order valence-corrected chi connectivity index (χ3v) is 10.0. The van der Waals surface area contributed by atoms with E-state index in [0.29, 0.717) is 24.4 Å². The van der Waals surface area contributed by atoms with Crippen LogP contribution in [-0.4, -0.2) is 83.3 Å². The molecule has 1 aliphatic carbocycles. The second-order valence-electron chi connectivity index (χ2n) is 12.5. The minimum absolute atomic E-state index is 0.0403. The number of methoxy groups -OCH3 is 1. The van der Waals surface area contributed by atoms with Gasteiger partial charge >= 0.3 is 0 Å². The zero-order valence-electron chi connectivity index (χ0n) is 23.2. The first kappa shape index (κ1) is 24.9. The summed E-state index contributed by atoms with van der Waals surface area (Å²) in [7, 11) is 3.44. The van der Waals surface area contributed by atoms with E-state index in [4.69, 9.17) is 4.74 Å². The van der Waals surface area contributed by atoms with Crippen molar-refractivity contribution in [2.45, 2.75) is 37.9 Å². The lowest BCUT2D eigenvalue weighted by Crippen LogP contribution is -2.54. The molecule has 2 aromatic carbocycles. The van der Waals surface area contributed by atoms with Gasteiger partial charge in [-0.1, -0.05) is 38.1 Å². The number of H-pyrrole nitrogens is 1. The predicted octanol–water partition coefficient (Wildman–Crippen LogP) is 3.06. The summed E-state index contributed by atoms with van der Waals surface area (Å²) >= 11 is 0. The minimum Gasteiger partial charge on any atom is -0.496 e. The van der Waals surface area contributed by atoms with Crippen molar-refractivity contribution >= 4 is 41.0 Å². The van der Waals surface area contributed by atoms with Crippen LogP contribution in [0, 0.1) is 17.3 Å². The molecule has 4 aliphatic rings. The highest BCUT2D eigenvalue weighted by molar-refractivity contribution is 6.07. The summed E-state index contributed by atoms with van der Waals surface area (Å²) < 4.78 is 7.25. The number of likely N-dealkylation sites (tertiary alicyclic amines) is 2. The normalized spacial score (nSPS) is 29.4. The Bertz CT molecular complexity index is 1620. The Morgan fingerprint density at radius 2 is 1.90 bits per heavy atom. The van der Waals surface area contributed by atoms with Crippen molar-refractivity contribution in [3.8, 4) is 5.75 Å². The molecule has 2 saturated heterocycles. The van der Waals surface area contributed by atoms with Gasteiger partial charge in [0.25, 0.3) is 11.8 Å². The molecular weight excluding hydrogens is 506 g/mol. The lowest BCUT2D eigenvalue weighted by molar-refractivity contribution is -0.549. The van der Waals surface area contributed by atoms with Gasteiger partial charge in [0.2, 0.25) is 12.1 Å². The van der Waals surface area contributed by atoms with Crippen LogP contribution in [0.1, 0.15) is 36.3 Å². The zero-order valence-corrected chi connectivity index (χ0v) is 23.2. The van der Waals surface area contributed by atoms with Crippen LogP contribution >= 0.6 is 0 Å². The summed E-state index contributed by atoms with van der Waals surface area (Å²) in [5, 5.41) is 3.85. The van der Waals surface area contributed by atoms with Gasteiger partial charge in [-0.3, -0.25) is 19.3 Å². The number of fused-ring (bicyclic) bond motifs is 4. The molecule has 3 fully saturated rings. The Labute approximate surface area is 232 Å². The molecule has 1 unspecified atom stereocenters. The molecule has 9 nitrogen and oxygen atoms in total. The van der Waals surface area contributed by atoms with E-state index in [1.807, 2.05) is 55.6 Å². The van der Waals surface area contributed by atoms with Gasteiger partial charge in [-0.25, -0.2) is 4.58 Å². The summed E-state index contributed by atoms with van der Waals surface area (Å²) in [6.45, 7) is 9.25. The van der Waals surface area contributed by atoms with Crippen LogP contribution in [-0.2, 0) is 15.0 Å². The summed E-state index contributed by atoms with van der Waals surface area (Å²) in [6, 6.07) is 14.5. The van der Waals surface area contributed by atoms with Crippen molar-refractivity contribution in [1.29, 1.82) is 0 Å². The number of rotatable bonds is 4. The van der Waals surface area contributed by atoms with Crippen molar-refractivity contribution in [2.24, 2.45) is 17.3 Å². The maximum atomic E-state index is 14.6. The molecule has 40 heavy (non-hydrogen) atoms. The van der Waals surface area contributed by atoms with Gasteiger partial charge < -0.3 is 19.9 Å². The maximum Gasteiger partial charge on any atom is 0.271 e. The summed E-state index contributed by atoms with van der Waals surface area (Å²) in [5.74, 6) is 0.579. The number of aromatic amines is 1. The number of carbonyl (C=O) groups excluding carboxylic acids is 3. The fourth-order valence-electron chi connectivity index (χ4n) is 7.76. The third kappa shape index (κ3) is 3.20. The number of piperidine rings is 1. The number of aromatic nitrogens is 1. The molecule has 1 saturated carbocycles. The molecule has 3 aliphatic heterocycles. The Hall–Kier alpha value is -4.14. The second-order valence-corrected chi connectivity index (χ2v) is 12.5. The van der Waals surface area contributed by atoms with E-state index in [1.165, 1.54) is 0 Å². The Morgan fingerprint density at radius 1 is 1.12 bits per heavy atom. The molecule has 4 heterocycles. The maximum absolute atomic E-state index is 14.6. The first-order valence-corrected chi connectivity index (χ1v) is 13.8. The van der Waals surface area contributed by atoms with E-state index in [-0.39, 0.29) is 47.7 Å². The quantitative estimate of drug-likeness (QED) is 0.393. The first-order valence-electron chi connectivity index (χ1n) is 13.8. The Balaban J connectivity index is 1.25. The molecule has 9 heteroatoms. The van der Waals surface area contributed by atoms with E-state index in [1.54, 1.807) is 21.5 Å². The lowest BCUT2D eigenvalue weighted by atomic mass is 9.80. The van der Waals surface area contributed by atoms with E-state index >= 15 is 0 Å². The molecular formula is C31H34N5O4+. The molecule has 3 aromatic rings. The predicted molar refractivity (Wildman–Crippen MR) is 151 cm³/mol. The number of ether oxygens (including phenoxy) is 1. The summed E-state index contributed by atoms with van der Waals surface area (Å²) in [4.78, 5) is 48.8. The molecule has 1 aromatic heterocycles. The van der Waals surface area contributed by atoms with Gasteiger partial charge in [0.15, 0.2) is 0 Å². The molecule has 5 atom stereocenters. The van der Waals surface area contributed by atoms with Crippen molar-refractivity contribution in [1.82, 2.24) is 14.8 Å². The van der Waals surface area contributed by atoms with Crippen LogP contribution in [0.5, 0.6) is 5.75 Å². The molecule has 7 rings (SSSR count). The molecule has 1 spiro atoms. The van der Waals surface area contributed by atoms with Crippen LogP contribution in [0.15, 0.2) is 48.5 Å². The number of carbonyl (C=O) groups is 3. The average molecular weight is 541 g/mol. The number of hydrogen-bond donors (Lipinski definition) is 2. The number of nitrogens with zero attached hydrogens (tertiary/aromatic N) is 3. The highest BCUT2D eigenvalue weighted by Crippen LogP contribution is 2.65. The lowest BCUT2D eigenvalue weighted by Gasteiger charge is -2.33. The first-order chi connectivity index (χ1) is 19.1. The van der Waals surface area contributed by atoms with Crippen LogP contribution in [0.4, 0.5) is 5.69 Å². The number of amides is 3. The van der Waals surface area contributed by atoms with E-state index in [2.05, 4.69) is 30.9 Å². The van der Waals surface area contributed by atoms with Crippen LogP contribution in [0.2, 0.25) is 0 Å². The van der Waals surface area contributed by atoms with E-state index < -0.39 is 11.5 Å². The van der Waals surface area contributed by atoms with Gasteiger partial charge in [0.05, 0.1) is 13.5 Å². The minimum atomic E-state index is -0.845. The highest BCUT2D eigenvalue weighted by Gasteiger charge is 2.71. The Kier molecular flexibility index (Phi) is 5.09. The molecule has 206 valence electrons. The average Bonchev–Trinajstić information content (AvgIpc) is 3.52. The monoisotopic (exact) mass is 540 g/mol. The van der Waals surface area contributed by atoms with Crippen LogP contribution in [0.3, 0.4) is 0 Å². The third-order valence-electron chi connectivity index (χ3n) is 10.0. The van der Waals surface area contributed by atoms with Crippen molar-refractivity contribution in [3.05, 3.63) is 59.8 Å². The second kappa shape index (κ2) is 8.19. The SMILES string of the molecule is C=[N+](C)[C@@H]1C[C@@]2(CN1C(=O)[C@@H]1C3[C@H](CN1C(=O)c1cc4c(OC)cccc4[nH]1)C3(C)C)C(=O)Nc1ccccc12. The van der Waals surface area contributed by atoms with Gasteiger partial charge in [-0.2, -0.15) is 0 Å². The van der Waals surface area contributed by atoms with Crippen LogP contribution in [0.25, 0.3) is 10.9 Å². The fraction of sp³-hybridized carbons (Fsp3) is 0.419. The zero-order chi connectivity index (χ0) is 28.1. The van der Waals surface area contributed by atoms with E-state index in [9.17, 15) is 14.4 Å². The molecule has 3 amide bonds. The Morgan fingerprint density at radius 3 is 2.65 bits per heavy atom. The molecule has 0 radical (unpaired) electrons. The fourth-order valence-corrected chi connectivity index (χ4v) is 7.76. The smallest absolute Gasteiger partial charge is 0.271 e. The van der Waals surface area contributed by atoms with Crippen LogP contribution < -0.4 is 10.1 Å². The number of hydrogen-bond acceptors (Lipinski definition) is 4. The van der Waals surface area contributed by atoms with Crippen molar-refractivity contribution < 1.29 is 23.7 Å². The molecule has 2 N–H and O–H groups in total. The van der Waals surface area contributed by atoms with Gasteiger partial charge in [0, 0.05) is 29.7 Å². The van der Waals surface area contributed by atoms with Gasteiger partial charge in [-0.05, 0) is 47.1 Å². The van der Waals surface area contributed by atoms with Gasteiger partial charge in [0.1, 0.15) is 36.7 Å². The topological polar surface area (TPSA) is 97.8 Å². The van der Waals surface area contributed by atoms with Crippen molar-refractivity contribution in [3.63, 3.8) is 0 Å². The largest absolute Gasteiger partial charge is 0.496 e. The number of nitrogens with one attached hydrogen (secondary N) is 2. The number of benzene rings is 2. The van der Waals surface area contributed by atoms with Gasteiger partial charge in [-0.15, -0.1) is 0 Å².